The molecule has 0 bridgehead atoms. The van der Waals surface area contributed by atoms with E-state index in [4.69, 9.17) is 14.2 Å². The summed E-state index contributed by atoms with van der Waals surface area (Å²) in [5, 5.41) is 5.77. The number of ether oxygens (including phenoxy) is 3. The second-order valence-electron chi connectivity index (χ2n) is 6.79. The lowest BCUT2D eigenvalue weighted by atomic mass is 10.1. The van der Waals surface area contributed by atoms with E-state index in [-0.39, 0.29) is 12.5 Å². The first-order chi connectivity index (χ1) is 15.5. The molecule has 1 N–H and O–H groups in total. The Labute approximate surface area is 190 Å². The van der Waals surface area contributed by atoms with Crippen LogP contribution in [0.3, 0.4) is 0 Å². The Bertz CT molecular complexity index is 1110. The van der Waals surface area contributed by atoms with Gasteiger partial charge in [-0.15, -0.1) is 11.3 Å². The number of carbonyl (C=O) groups is 2. The molecule has 2 aromatic carbocycles. The third-order valence-electron chi connectivity index (χ3n) is 4.51. The SMILES string of the molecule is CCOc1cc(/C=N\NC(=O)COc2cccc(C)c2C)ccc1OC(=O)c1cccs1. The Kier molecular flexibility index (Phi) is 7.99. The van der Waals surface area contributed by atoms with Gasteiger partial charge >= 0.3 is 5.97 Å². The van der Waals surface area contributed by atoms with Crippen molar-refractivity contribution in [1.82, 2.24) is 5.43 Å². The number of nitrogens with zero attached hydrogens (tertiary/aromatic N) is 1. The summed E-state index contributed by atoms with van der Waals surface area (Å²) in [6.07, 6.45) is 1.48. The minimum Gasteiger partial charge on any atom is -0.490 e. The fourth-order valence-corrected chi connectivity index (χ4v) is 3.34. The van der Waals surface area contributed by atoms with Gasteiger partial charge in [0.1, 0.15) is 10.6 Å². The van der Waals surface area contributed by atoms with Crippen LogP contribution in [0, 0.1) is 13.8 Å². The maximum absolute atomic E-state index is 12.2. The summed E-state index contributed by atoms with van der Waals surface area (Å²) >= 11 is 1.30. The lowest BCUT2D eigenvalue weighted by Crippen LogP contribution is -2.24. The molecule has 1 amide bonds. The topological polar surface area (TPSA) is 86.2 Å². The summed E-state index contributed by atoms with van der Waals surface area (Å²) in [5.41, 5.74) is 5.19. The number of carbonyl (C=O) groups excluding carboxylic acids is 2. The van der Waals surface area contributed by atoms with E-state index in [0.717, 1.165) is 11.1 Å². The van der Waals surface area contributed by atoms with Gasteiger partial charge in [-0.05, 0) is 73.2 Å². The van der Waals surface area contributed by atoms with Crippen molar-refractivity contribution in [3.8, 4) is 17.2 Å². The van der Waals surface area contributed by atoms with Crippen molar-refractivity contribution in [2.45, 2.75) is 20.8 Å². The molecule has 8 heteroatoms. The minimum atomic E-state index is -0.446. The zero-order valence-corrected chi connectivity index (χ0v) is 18.9. The second kappa shape index (κ2) is 11.1. The molecular formula is C24H24N2O5S. The summed E-state index contributed by atoms with van der Waals surface area (Å²) in [4.78, 5) is 24.7. The summed E-state index contributed by atoms with van der Waals surface area (Å²) < 4.78 is 16.6. The van der Waals surface area contributed by atoms with Crippen LogP contribution in [0.1, 0.15) is 33.3 Å². The standard InChI is InChI=1S/C24H24N2O5S/c1-4-29-21-13-18(10-11-20(21)31-24(28)22-9-6-12-32-22)14-25-26-23(27)15-30-19-8-5-7-16(2)17(19)3/h5-14H,4,15H2,1-3H3,(H,26,27)/b25-14-. The number of thiophene rings is 1. The highest BCUT2D eigenvalue weighted by Gasteiger charge is 2.14. The van der Waals surface area contributed by atoms with Crippen molar-refractivity contribution in [3.05, 3.63) is 75.5 Å². The van der Waals surface area contributed by atoms with E-state index in [9.17, 15) is 9.59 Å². The van der Waals surface area contributed by atoms with Crippen LogP contribution in [0.2, 0.25) is 0 Å². The van der Waals surface area contributed by atoms with Gasteiger partial charge in [-0.25, -0.2) is 10.2 Å². The molecule has 7 nitrogen and oxygen atoms in total. The van der Waals surface area contributed by atoms with Gasteiger partial charge in [0.25, 0.3) is 5.91 Å². The van der Waals surface area contributed by atoms with Crippen LogP contribution in [0.5, 0.6) is 17.2 Å². The second-order valence-corrected chi connectivity index (χ2v) is 7.73. The van der Waals surface area contributed by atoms with E-state index in [0.29, 0.717) is 34.3 Å². The van der Waals surface area contributed by atoms with Crippen molar-refractivity contribution < 1.29 is 23.8 Å². The predicted molar refractivity (Wildman–Crippen MR) is 124 cm³/mol. The van der Waals surface area contributed by atoms with Crippen LogP contribution in [0.25, 0.3) is 0 Å². The average Bonchev–Trinajstić information content (AvgIpc) is 3.32. The number of hydrogen-bond acceptors (Lipinski definition) is 7. The van der Waals surface area contributed by atoms with Gasteiger partial charge < -0.3 is 14.2 Å². The zero-order valence-electron chi connectivity index (χ0n) is 18.1. The number of hydrogen-bond donors (Lipinski definition) is 1. The molecule has 1 aromatic heterocycles. The van der Waals surface area contributed by atoms with Gasteiger partial charge in [0.05, 0.1) is 12.8 Å². The minimum absolute atomic E-state index is 0.149. The van der Waals surface area contributed by atoms with Gasteiger partial charge in [0.15, 0.2) is 18.1 Å². The molecule has 0 saturated carbocycles. The maximum atomic E-state index is 12.2. The fourth-order valence-electron chi connectivity index (χ4n) is 2.74. The molecule has 0 fully saturated rings. The molecule has 0 unspecified atom stereocenters. The summed E-state index contributed by atoms with van der Waals surface area (Å²) in [6, 6.07) is 14.2. The van der Waals surface area contributed by atoms with E-state index in [1.807, 2.05) is 39.0 Å². The predicted octanol–water partition coefficient (Wildman–Crippen LogP) is 4.51. The molecule has 0 aliphatic heterocycles. The van der Waals surface area contributed by atoms with E-state index < -0.39 is 5.97 Å². The molecule has 0 radical (unpaired) electrons. The number of hydrazone groups is 1. The number of benzene rings is 2. The molecule has 166 valence electrons. The average molecular weight is 453 g/mol. The van der Waals surface area contributed by atoms with Gasteiger partial charge in [-0.3, -0.25) is 4.79 Å². The van der Waals surface area contributed by atoms with Crippen molar-refractivity contribution >= 4 is 29.4 Å². The first-order valence-electron chi connectivity index (χ1n) is 10.0. The number of amides is 1. The number of aryl methyl sites for hydroxylation is 1. The molecule has 1 heterocycles. The number of rotatable bonds is 9. The fraction of sp³-hybridized carbons (Fsp3) is 0.208. The Morgan fingerprint density at radius 3 is 2.62 bits per heavy atom. The van der Waals surface area contributed by atoms with Crippen LogP contribution in [-0.4, -0.2) is 31.3 Å². The summed E-state index contributed by atoms with van der Waals surface area (Å²) in [5.74, 6) is 0.560. The van der Waals surface area contributed by atoms with Crippen LogP contribution in [0.4, 0.5) is 0 Å². The highest BCUT2D eigenvalue weighted by molar-refractivity contribution is 7.12. The zero-order chi connectivity index (χ0) is 22.9. The lowest BCUT2D eigenvalue weighted by molar-refractivity contribution is -0.123. The largest absolute Gasteiger partial charge is 0.490 e. The first kappa shape index (κ1) is 23.0. The molecular weight excluding hydrogens is 428 g/mol. The summed E-state index contributed by atoms with van der Waals surface area (Å²) in [7, 11) is 0. The molecule has 0 aliphatic rings. The van der Waals surface area contributed by atoms with Gasteiger partial charge in [0, 0.05) is 0 Å². The molecule has 32 heavy (non-hydrogen) atoms. The monoisotopic (exact) mass is 452 g/mol. The molecule has 3 rings (SSSR count). The smallest absolute Gasteiger partial charge is 0.353 e. The third kappa shape index (κ3) is 6.18. The normalized spacial score (nSPS) is 10.7. The lowest BCUT2D eigenvalue weighted by Gasteiger charge is -2.11. The van der Waals surface area contributed by atoms with Gasteiger partial charge in [-0.1, -0.05) is 18.2 Å². The number of esters is 1. The molecule has 0 atom stereocenters. The number of nitrogens with one attached hydrogen (secondary N) is 1. The van der Waals surface area contributed by atoms with E-state index in [1.165, 1.54) is 17.6 Å². The highest BCUT2D eigenvalue weighted by Crippen LogP contribution is 2.29. The van der Waals surface area contributed by atoms with Crippen molar-refractivity contribution in [1.29, 1.82) is 0 Å². The van der Waals surface area contributed by atoms with Crippen LogP contribution < -0.4 is 19.6 Å². The molecule has 3 aromatic rings. The Hall–Kier alpha value is -3.65. The quantitative estimate of drug-likeness (QED) is 0.223. The van der Waals surface area contributed by atoms with Crippen molar-refractivity contribution in [2.75, 3.05) is 13.2 Å². The summed E-state index contributed by atoms with van der Waals surface area (Å²) in [6.45, 7) is 6.01. The van der Waals surface area contributed by atoms with E-state index >= 15 is 0 Å². The third-order valence-corrected chi connectivity index (χ3v) is 5.36. The Balaban J connectivity index is 1.58. The van der Waals surface area contributed by atoms with E-state index in [1.54, 1.807) is 35.7 Å². The van der Waals surface area contributed by atoms with Crippen molar-refractivity contribution in [3.63, 3.8) is 0 Å². The van der Waals surface area contributed by atoms with Crippen LogP contribution in [-0.2, 0) is 4.79 Å². The maximum Gasteiger partial charge on any atom is 0.353 e. The highest BCUT2D eigenvalue weighted by atomic mass is 32.1. The molecule has 0 aliphatic carbocycles. The first-order valence-corrected chi connectivity index (χ1v) is 10.9. The van der Waals surface area contributed by atoms with Crippen LogP contribution in [0.15, 0.2) is 59.0 Å². The molecule has 0 saturated heterocycles. The Morgan fingerprint density at radius 2 is 1.88 bits per heavy atom. The van der Waals surface area contributed by atoms with Crippen molar-refractivity contribution in [2.24, 2.45) is 5.10 Å². The van der Waals surface area contributed by atoms with E-state index in [2.05, 4.69) is 10.5 Å². The van der Waals surface area contributed by atoms with Gasteiger partial charge in [0.2, 0.25) is 0 Å². The molecule has 0 spiro atoms. The van der Waals surface area contributed by atoms with Gasteiger partial charge in [-0.2, -0.15) is 5.10 Å². The Morgan fingerprint density at radius 1 is 1.03 bits per heavy atom. The van der Waals surface area contributed by atoms with Crippen LogP contribution >= 0.6 is 11.3 Å².